The van der Waals surface area contributed by atoms with E-state index in [0.29, 0.717) is 6.10 Å². The fourth-order valence-electron chi connectivity index (χ4n) is 1.25. The average Bonchev–Trinajstić information content (AvgIpc) is 2.92. The Bertz CT molecular complexity index is 376. The topological polar surface area (TPSA) is 55.7 Å². The number of epoxide rings is 1. The molecular weight excluding hydrogens is 250 g/mol. The Hall–Kier alpha value is -0.940. The van der Waals surface area contributed by atoms with Gasteiger partial charge in [-0.1, -0.05) is 22.0 Å². The lowest BCUT2D eigenvalue weighted by Gasteiger charge is -2.01. The van der Waals surface area contributed by atoms with Crippen molar-refractivity contribution in [3.63, 3.8) is 0 Å². The molecule has 0 bridgehead atoms. The van der Waals surface area contributed by atoms with Crippen molar-refractivity contribution in [2.75, 3.05) is 6.61 Å². The number of hydrogen-bond acceptors (Lipinski definition) is 3. The van der Waals surface area contributed by atoms with Gasteiger partial charge in [0, 0.05) is 23.0 Å². The van der Waals surface area contributed by atoms with Crippen LogP contribution in [0, 0.1) is 10.1 Å². The smallest absolute Gasteiger partial charge is 0.270 e. The van der Waals surface area contributed by atoms with Gasteiger partial charge >= 0.3 is 0 Å². The summed E-state index contributed by atoms with van der Waals surface area (Å²) in [7, 11) is 0. The first-order chi connectivity index (χ1) is 6.66. The quantitative estimate of drug-likeness (QED) is 0.475. The van der Waals surface area contributed by atoms with E-state index in [-0.39, 0.29) is 5.69 Å². The van der Waals surface area contributed by atoms with Gasteiger partial charge in [-0.05, 0) is 5.56 Å². The number of nitro groups is 1. The molecule has 2 rings (SSSR count). The van der Waals surface area contributed by atoms with E-state index in [9.17, 15) is 10.1 Å². The van der Waals surface area contributed by atoms with Gasteiger partial charge in [0.1, 0.15) is 0 Å². The summed E-state index contributed by atoms with van der Waals surface area (Å²) in [6.45, 7) is 0.795. The molecule has 4 nitrogen and oxygen atoms in total. The number of hydrogen-bond donors (Lipinski definition) is 0. The second-order valence-corrected chi connectivity index (χ2v) is 4.05. The van der Waals surface area contributed by atoms with E-state index in [1.165, 1.54) is 12.1 Å². The number of ether oxygens (including phenoxy) is 1. The molecule has 0 aliphatic carbocycles. The summed E-state index contributed by atoms with van der Waals surface area (Å²) in [5, 5.41) is 10.5. The third-order valence-corrected chi connectivity index (χ3v) is 2.84. The molecule has 0 radical (unpaired) electrons. The highest BCUT2D eigenvalue weighted by Crippen LogP contribution is 2.26. The fraction of sp³-hybridized carbons (Fsp3) is 0.333. The monoisotopic (exact) mass is 257 g/mol. The number of nitro benzene ring substituents is 1. The second-order valence-electron chi connectivity index (χ2n) is 3.19. The van der Waals surface area contributed by atoms with Crippen molar-refractivity contribution in [3.8, 4) is 0 Å². The molecule has 1 aliphatic rings. The van der Waals surface area contributed by atoms with Crippen molar-refractivity contribution in [3.05, 3.63) is 38.3 Å². The van der Waals surface area contributed by atoms with Crippen LogP contribution in [0.2, 0.25) is 0 Å². The number of non-ortho nitro benzene ring substituents is 1. The molecule has 0 aromatic heterocycles. The highest BCUT2D eigenvalue weighted by molar-refractivity contribution is 9.10. The van der Waals surface area contributed by atoms with Crippen LogP contribution in [0.4, 0.5) is 5.69 Å². The maximum absolute atomic E-state index is 10.5. The SMILES string of the molecule is O=[N+]([O-])c1ccc(CC2CO2)c(Br)c1. The molecule has 74 valence electrons. The first kappa shape index (κ1) is 9.61. The fourth-order valence-corrected chi connectivity index (χ4v) is 1.78. The molecule has 14 heavy (non-hydrogen) atoms. The molecule has 0 N–H and O–H groups in total. The van der Waals surface area contributed by atoms with Crippen LogP contribution in [-0.2, 0) is 11.2 Å². The van der Waals surface area contributed by atoms with Crippen molar-refractivity contribution < 1.29 is 9.66 Å². The molecule has 1 saturated heterocycles. The molecule has 1 fully saturated rings. The molecule has 0 amide bonds. The van der Waals surface area contributed by atoms with Gasteiger partial charge in [-0.3, -0.25) is 10.1 Å². The van der Waals surface area contributed by atoms with E-state index < -0.39 is 4.92 Å². The number of nitrogens with zero attached hydrogens (tertiary/aromatic N) is 1. The Morgan fingerprint density at radius 2 is 2.36 bits per heavy atom. The van der Waals surface area contributed by atoms with Crippen LogP contribution in [0.15, 0.2) is 22.7 Å². The predicted octanol–water partition coefficient (Wildman–Crippen LogP) is 2.30. The van der Waals surface area contributed by atoms with Crippen molar-refractivity contribution in [2.24, 2.45) is 0 Å². The van der Waals surface area contributed by atoms with E-state index in [4.69, 9.17) is 4.74 Å². The van der Waals surface area contributed by atoms with Crippen LogP contribution in [-0.4, -0.2) is 17.6 Å². The highest BCUT2D eigenvalue weighted by Gasteiger charge is 2.24. The van der Waals surface area contributed by atoms with E-state index in [1.54, 1.807) is 6.07 Å². The number of benzene rings is 1. The Morgan fingerprint density at radius 1 is 1.64 bits per heavy atom. The summed E-state index contributed by atoms with van der Waals surface area (Å²) in [6.07, 6.45) is 1.12. The van der Waals surface area contributed by atoms with E-state index >= 15 is 0 Å². The van der Waals surface area contributed by atoms with E-state index in [0.717, 1.165) is 23.1 Å². The first-order valence-corrected chi connectivity index (χ1v) is 5.00. The molecule has 0 spiro atoms. The molecule has 1 aliphatic heterocycles. The van der Waals surface area contributed by atoms with Gasteiger partial charge in [-0.25, -0.2) is 0 Å². The summed E-state index contributed by atoms with van der Waals surface area (Å²) in [5.74, 6) is 0. The van der Waals surface area contributed by atoms with Crippen molar-refractivity contribution in [1.29, 1.82) is 0 Å². The zero-order valence-corrected chi connectivity index (χ0v) is 8.86. The van der Waals surface area contributed by atoms with Gasteiger partial charge in [-0.2, -0.15) is 0 Å². The van der Waals surface area contributed by atoms with Gasteiger partial charge in [0.2, 0.25) is 0 Å². The van der Waals surface area contributed by atoms with Crippen molar-refractivity contribution in [2.45, 2.75) is 12.5 Å². The summed E-state index contributed by atoms with van der Waals surface area (Å²) < 4.78 is 5.87. The summed E-state index contributed by atoms with van der Waals surface area (Å²) >= 11 is 3.31. The Labute approximate surface area is 89.2 Å². The number of rotatable bonds is 3. The predicted molar refractivity (Wildman–Crippen MR) is 54.2 cm³/mol. The van der Waals surface area contributed by atoms with Crippen LogP contribution in [0.1, 0.15) is 5.56 Å². The summed E-state index contributed by atoms with van der Waals surface area (Å²) in [5.41, 5.74) is 1.16. The highest BCUT2D eigenvalue weighted by atomic mass is 79.9. The average molecular weight is 258 g/mol. The molecule has 1 unspecified atom stereocenters. The van der Waals surface area contributed by atoms with E-state index in [2.05, 4.69) is 15.9 Å². The Morgan fingerprint density at radius 3 is 2.86 bits per heavy atom. The van der Waals surface area contributed by atoms with Crippen LogP contribution < -0.4 is 0 Å². The minimum atomic E-state index is -0.401. The first-order valence-electron chi connectivity index (χ1n) is 4.21. The van der Waals surface area contributed by atoms with Crippen LogP contribution in [0.3, 0.4) is 0 Å². The van der Waals surface area contributed by atoms with Gasteiger partial charge in [0.25, 0.3) is 5.69 Å². The molecule has 1 atom stereocenters. The largest absolute Gasteiger partial charge is 0.373 e. The van der Waals surface area contributed by atoms with Crippen molar-refractivity contribution >= 4 is 21.6 Å². The molecule has 1 heterocycles. The van der Waals surface area contributed by atoms with Gasteiger partial charge < -0.3 is 4.74 Å². The van der Waals surface area contributed by atoms with Gasteiger partial charge in [-0.15, -0.1) is 0 Å². The Balaban J connectivity index is 2.21. The zero-order chi connectivity index (χ0) is 10.1. The van der Waals surface area contributed by atoms with Crippen LogP contribution in [0.25, 0.3) is 0 Å². The minimum Gasteiger partial charge on any atom is -0.373 e. The third-order valence-electron chi connectivity index (χ3n) is 2.10. The van der Waals surface area contributed by atoms with Crippen LogP contribution in [0.5, 0.6) is 0 Å². The second kappa shape index (κ2) is 3.67. The standard InChI is InChI=1S/C9H8BrNO3/c10-9-4-7(11(12)13)2-1-6(9)3-8-5-14-8/h1-2,4,8H,3,5H2. The number of halogens is 1. The summed E-state index contributed by atoms with van der Waals surface area (Å²) in [4.78, 5) is 10.1. The van der Waals surface area contributed by atoms with Crippen LogP contribution >= 0.6 is 15.9 Å². The molecule has 5 heteroatoms. The normalized spacial score (nSPS) is 19.4. The maximum atomic E-state index is 10.5. The third kappa shape index (κ3) is 2.10. The molecular formula is C9H8BrNO3. The van der Waals surface area contributed by atoms with Gasteiger partial charge in [0.05, 0.1) is 17.6 Å². The lowest BCUT2D eigenvalue weighted by Crippen LogP contribution is -1.95. The molecule has 0 saturated carbocycles. The van der Waals surface area contributed by atoms with E-state index in [1.807, 2.05) is 0 Å². The maximum Gasteiger partial charge on any atom is 0.270 e. The van der Waals surface area contributed by atoms with Gasteiger partial charge in [0.15, 0.2) is 0 Å². The Kier molecular flexibility index (Phi) is 2.52. The lowest BCUT2D eigenvalue weighted by molar-refractivity contribution is -0.384. The molecule has 1 aromatic carbocycles. The minimum absolute atomic E-state index is 0.109. The zero-order valence-electron chi connectivity index (χ0n) is 7.27. The summed E-state index contributed by atoms with van der Waals surface area (Å²) in [6, 6.07) is 4.81. The van der Waals surface area contributed by atoms with Crippen molar-refractivity contribution in [1.82, 2.24) is 0 Å². The molecule has 1 aromatic rings. The lowest BCUT2D eigenvalue weighted by atomic mass is 10.1.